The third kappa shape index (κ3) is 4.72. The van der Waals surface area contributed by atoms with Crippen LogP contribution in [0.3, 0.4) is 0 Å². The lowest BCUT2D eigenvalue weighted by atomic mass is 10.2. The van der Waals surface area contributed by atoms with Crippen molar-refractivity contribution in [2.75, 3.05) is 45.9 Å². The molecule has 2 heterocycles. The third-order valence-corrected chi connectivity index (χ3v) is 4.42. The molecular formula is C15H29N3O2. The highest BCUT2D eigenvalue weighted by Crippen LogP contribution is 2.14. The lowest BCUT2D eigenvalue weighted by Crippen LogP contribution is -2.52. The summed E-state index contributed by atoms with van der Waals surface area (Å²) in [5.74, 6) is 0.238. The maximum atomic E-state index is 12.1. The number of rotatable bonds is 6. The van der Waals surface area contributed by atoms with E-state index >= 15 is 0 Å². The van der Waals surface area contributed by atoms with Crippen molar-refractivity contribution in [3.8, 4) is 0 Å². The normalized spacial score (nSPS) is 25.9. The van der Waals surface area contributed by atoms with E-state index in [4.69, 9.17) is 4.74 Å². The van der Waals surface area contributed by atoms with Crippen LogP contribution in [0.2, 0.25) is 0 Å². The molecule has 0 radical (unpaired) electrons. The number of amides is 1. The van der Waals surface area contributed by atoms with Crippen molar-refractivity contribution in [1.82, 2.24) is 15.1 Å². The molecule has 1 N–H and O–H groups in total. The number of ether oxygens (including phenoxy) is 1. The maximum Gasteiger partial charge on any atom is 0.236 e. The number of hydrogen-bond acceptors (Lipinski definition) is 4. The second-order valence-corrected chi connectivity index (χ2v) is 6.01. The van der Waals surface area contributed by atoms with Gasteiger partial charge in [0.15, 0.2) is 0 Å². The topological polar surface area (TPSA) is 44.8 Å². The number of nitrogens with one attached hydrogen (secondary N) is 1. The second-order valence-electron chi connectivity index (χ2n) is 6.01. The van der Waals surface area contributed by atoms with Gasteiger partial charge in [-0.05, 0) is 26.2 Å². The van der Waals surface area contributed by atoms with Gasteiger partial charge in [-0.15, -0.1) is 0 Å². The minimum Gasteiger partial charge on any atom is -0.377 e. The molecule has 0 bridgehead atoms. The van der Waals surface area contributed by atoms with Gasteiger partial charge in [-0.25, -0.2) is 0 Å². The standard InChI is InChI=1S/C15H29N3O2/c1-3-13(2)16-11-15(19)18-8-6-17(7-9-18)12-14-5-4-10-20-14/h13-14,16H,3-12H2,1-2H3. The Morgan fingerprint density at radius 1 is 1.35 bits per heavy atom. The van der Waals surface area contributed by atoms with Gasteiger partial charge in [-0.3, -0.25) is 9.69 Å². The number of carbonyl (C=O) groups is 1. The molecule has 0 spiro atoms. The van der Waals surface area contributed by atoms with Crippen molar-refractivity contribution in [3.05, 3.63) is 0 Å². The zero-order chi connectivity index (χ0) is 14.4. The van der Waals surface area contributed by atoms with E-state index < -0.39 is 0 Å². The highest BCUT2D eigenvalue weighted by molar-refractivity contribution is 5.78. The van der Waals surface area contributed by atoms with Crippen LogP contribution < -0.4 is 5.32 Å². The SMILES string of the molecule is CCC(C)NCC(=O)N1CCN(CC2CCCO2)CC1. The number of carbonyl (C=O) groups excluding carboxylic acids is 1. The van der Waals surface area contributed by atoms with Crippen molar-refractivity contribution >= 4 is 5.91 Å². The zero-order valence-electron chi connectivity index (χ0n) is 12.9. The fourth-order valence-electron chi connectivity index (χ4n) is 2.77. The molecular weight excluding hydrogens is 254 g/mol. The molecule has 2 aliphatic heterocycles. The van der Waals surface area contributed by atoms with Crippen LogP contribution in [-0.4, -0.2) is 73.7 Å². The first-order chi connectivity index (χ1) is 9.69. The monoisotopic (exact) mass is 283 g/mol. The molecule has 2 rings (SSSR count). The first-order valence-corrected chi connectivity index (χ1v) is 8.04. The fourth-order valence-corrected chi connectivity index (χ4v) is 2.77. The van der Waals surface area contributed by atoms with Gasteiger partial charge in [0.1, 0.15) is 0 Å². The van der Waals surface area contributed by atoms with E-state index in [1.54, 1.807) is 0 Å². The van der Waals surface area contributed by atoms with Gasteiger partial charge in [0.2, 0.25) is 5.91 Å². The summed E-state index contributed by atoms with van der Waals surface area (Å²) in [6.07, 6.45) is 3.87. The molecule has 2 saturated heterocycles. The van der Waals surface area contributed by atoms with Crippen molar-refractivity contribution in [1.29, 1.82) is 0 Å². The Balaban J connectivity index is 1.64. The first-order valence-electron chi connectivity index (χ1n) is 8.04. The summed E-state index contributed by atoms with van der Waals surface area (Å²) in [4.78, 5) is 16.5. The first kappa shape index (κ1) is 15.7. The Hall–Kier alpha value is -0.650. The summed E-state index contributed by atoms with van der Waals surface area (Å²) >= 11 is 0. The Kier molecular flexibility index (Phi) is 6.26. The Labute approximate surface area is 122 Å². The van der Waals surface area contributed by atoms with E-state index in [-0.39, 0.29) is 5.91 Å². The minimum atomic E-state index is 0.238. The summed E-state index contributed by atoms with van der Waals surface area (Å²) in [5.41, 5.74) is 0. The summed E-state index contributed by atoms with van der Waals surface area (Å²) in [6.45, 7) is 10.3. The molecule has 5 nitrogen and oxygen atoms in total. The summed E-state index contributed by atoms with van der Waals surface area (Å²) in [7, 11) is 0. The van der Waals surface area contributed by atoms with Crippen LogP contribution in [0.1, 0.15) is 33.1 Å². The smallest absolute Gasteiger partial charge is 0.236 e. The largest absolute Gasteiger partial charge is 0.377 e. The highest BCUT2D eigenvalue weighted by Gasteiger charge is 2.24. The van der Waals surface area contributed by atoms with E-state index in [0.717, 1.165) is 45.8 Å². The van der Waals surface area contributed by atoms with Gasteiger partial charge < -0.3 is 15.0 Å². The summed E-state index contributed by atoms with van der Waals surface area (Å²) < 4.78 is 5.68. The van der Waals surface area contributed by atoms with E-state index in [9.17, 15) is 4.79 Å². The minimum absolute atomic E-state index is 0.238. The van der Waals surface area contributed by atoms with Crippen LogP contribution in [0.15, 0.2) is 0 Å². The summed E-state index contributed by atoms with van der Waals surface area (Å²) in [6, 6.07) is 0.416. The van der Waals surface area contributed by atoms with Gasteiger partial charge >= 0.3 is 0 Å². The zero-order valence-corrected chi connectivity index (χ0v) is 12.9. The molecule has 1 amide bonds. The molecule has 116 valence electrons. The van der Waals surface area contributed by atoms with Crippen molar-refractivity contribution in [2.45, 2.75) is 45.3 Å². The van der Waals surface area contributed by atoms with E-state index in [0.29, 0.717) is 18.7 Å². The quantitative estimate of drug-likeness (QED) is 0.779. The van der Waals surface area contributed by atoms with Gasteiger partial charge in [-0.1, -0.05) is 6.92 Å². The molecule has 2 unspecified atom stereocenters. The number of hydrogen-bond donors (Lipinski definition) is 1. The summed E-state index contributed by atoms with van der Waals surface area (Å²) in [5, 5.41) is 3.27. The molecule has 2 aliphatic rings. The van der Waals surface area contributed by atoms with E-state index in [1.165, 1.54) is 12.8 Å². The number of nitrogens with zero attached hydrogens (tertiary/aromatic N) is 2. The molecule has 0 aromatic rings. The highest BCUT2D eigenvalue weighted by atomic mass is 16.5. The van der Waals surface area contributed by atoms with Crippen LogP contribution >= 0.6 is 0 Å². The van der Waals surface area contributed by atoms with E-state index in [2.05, 4.69) is 24.1 Å². The molecule has 0 saturated carbocycles. The lowest BCUT2D eigenvalue weighted by molar-refractivity contribution is -0.132. The Morgan fingerprint density at radius 2 is 2.10 bits per heavy atom. The Bertz CT molecular complexity index is 297. The third-order valence-electron chi connectivity index (χ3n) is 4.42. The molecule has 2 fully saturated rings. The lowest BCUT2D eigenvalue weighted by Gasteiger charge is -2.36. The van der Waals surface area contributed by atoms with Crippen LogP contribution in [0.5, 0.6) is 0 Å². The fraction of sp³-hybridized carbons (Fsp3) is 0.933. The van der Waals surface area contributed by atoms with Gasteiger partial charge in [0.05, 0.1) is 12.6 Å². The molecule has 5 heteroatoms. The molecule has 0 aromatic heterocycles. The van der Waals surface area contributed by atoms with Gasteiger partial charge in [-0.2, -0.15) is 0 Å². The van der Waals surface area contributed by atoms with Gasteiger partial charge in [0, 0.05) is 45.4 Å². The maximum absolute atomic E-state index is 12.1. The Morgan fingerprint density at radius 3 is 2.70 bits per heavy atom. The van der Waals surface area contributed by atoms with Crippen LogP contribution in [0, 0.1) is 0 Å². The van der Waals surface area contributed by atoms with Crippen LogP contribution in [0.4, 0.5) is 0 Å². The predicted molar refractivity (Wildman–Crippen MR) is 79.7 cm³/mol. The van der Waals surface area contributed by atoms with Gasteiger partial charge in [0.25, 0.3) is 0 Å². The molecule has 20 heavy (non-hydrogen) atoms. The van der Waals surface area contributed by atoms with Crippen molar-refractivity contribution < 1.29 is 9.53 Å². The average molecular weight is 283 g/mol. The van der Waals surface area contributed by atoms with Crippen molar-refractivity contribution in [3.63, 3.8) is 0 Å². The van der Waals surface area contributed by atoms with E-state index in [1.807, 2.05) is 4.90 Å². The predicted octanol–water partition coefficient (Wildman–Crippen LogP) is 0.698. The van der Waals surface area contributed by atoms with Crippen LogP contribution in [-0.2, 0) is 9.53 Å². The molecule has 0 aromatic carbocycles. The molecule has 2 atom stereocenters. The average Bonchev–Trinajstić information content (AvgIpc) is 2.98. The second kappa shape index (κ2) is 7.96. The van der Waals surface area contributed by atoms with Crippen molar-refractivity contribution in [2.24, 2.45) is 0 Å². The molecule has 0 aliphatic carbocycles. The van der Waals surface area contributed by atoms with Crippen LogP contribution in [0.25, 0.3) is 0 Å². The number of piperazine rings is 1.